The van der Waals surface area contributed by atoms with Crippen LogP contribution in [0.3, 0.4) is 0 Å². The van der Waals surface area contributed by atoms with Crippen LogP contribution in [0.4, 0.5) is 11.6 Å². The minimum atomic E-state index is -1.48. The van der Waals surface area contributed by atoms with Crippen LogP contribution in [-0.2, 0) is 10.4 Å². The van der Waals surface area contributed by atoms with E-state index in [-0.39, 0.29) is 5.91 Å². The minimum Gasteiger partial charge on any atom is -0.375 e. The van der Waals surface area contributed by atoms with E-state index in [1.807, 2.05) is 48.7 Å². The lowest BCUT2D eigenvalue weighted by atomic mass is 9.91. The summed E-state index contributed by atoms with van der Waals surface area (Å²) in [7, 11) is 1.71. The Labute approximate surface area is 195 Å². The van der Waals surface area contributed by atoms with Gasteiger partial charge >= 0.3 is 0 Å². The van der Waals surface area contributed by atoms with Crippen LogP contribution >= 0.6 is 11.3 Å². The van der Waals surface area contributed by atoms with Crippen molar-refractivity contribution in [3.05, 3.63) is 71.5 Å². The van der Waals surface area contributed by atoms with Gasteiger partial charge in [0.15, 0.2) is 5.60 Å². The van der Waals surface area contributed by atoms with Gasteiger partial charge in [0, 0.05) is 54.7 Å². The van der Waals surface area contributed by atoms with Crippen molar-refractivity contribution in [2.45, 2.75) is 18.9 Å². The Kier molecular flexibility index (Phi) is 5.35. The number of anilines is 2. The molecule has 4 heterocycles. The summed E-state index contributed by atoms with van der Waals surface area (Å²) in [4.78, 5) is 31.9. The Hall–Kier alpha value is -3.69. The van der Waals surface area contributed by atoms with E-state index >= 15 is 0 Å². The first kappa shape index (κ1) is 21.2. The molecule has 166 valence electrons. The minimum absolute atomic E-state index is 0.273. The molecule has 9 heteroatoms. The second-order valence-electron chi connectivity index (χ2n) is 8.03. The summed E-state index contributed by atoms with van der Waals surface area (Å²) in [5.74, 6) is 0.200. The normalized spacial score (nSPS) is 18.0. The number of aliphatic hydroxyl groups is 1. The van der Waals surface area contributed by atoms with Crippen LogP contribution in [0.1, 0.15) is 17.7 Å². The number of likely N-dealkylation sites (tertiary alicyclic amines) is 1. The second kappa shape index (κ2) is 8.34. The van der Waals surface area contributed by atoms with Gasteiger partial charge in [0.05, 0.1) is 5.69 Å². The molecule has 0 spiro atoms. The molecule has 1 amide bonds. The lowest BCUT2D eigenvalue weighted by Crippen LogP contribution is -2.36. The Morgan fingerprint density at radius 3 is 2.73 bits per heavy atom. The lowest BCUT2D eigenvalue weighted by Gasteiger charge is -2.21. The molecule has 1 aromatic carbocycles. The summed E-state index contributed by atoms with van der Waals surface area (Å²) >= 11 is 1.48. The third-order valence-corrected chi connectivity index (χ3v) is 6.56. The highest BCUT2D eigenvalue weighted by Gasteiger charge is 2.45. The molecular formula is C24H22N6O2S. The maximum Gasteiger partial charge on any atom is 0.258 e. The number of benzene rings is 1. The third kappa shape index (κ3) is 4.08. The number of hydrogen-bond acceptors (Lipinski definition) is 8. The summed E-state index contributed by atoms with van der Waals surface area (Å²) in [6, 6.07) is 13.0. The number of rotatable bonds is 5. The van der Waals surface area contributed by atoms with E-state index in [4.69, 9.17) is 4.98 Å². The Balaban J connectivity index is 1.41. The van der Waals surface area contributed by atoms with Crippen molar-refractivity contribution in [2.75, 3.05) is 18.9 Å². The van der Waals surface area contributed by atoms with Gasteiger partial charge in [-0.3, -0.25) is 9.78 Å². The highest BCUT2D eigenvalue weighted by molar-refractivity contribution is 7.13. The van der Waals surface area contributed by atoms with Crippen molar-refractivity contribution in [1.82, 2.24) is 24.8 Å². The molecule has 1 unspecified atom stereocenters. The predicted octanol–water partition coefficient (Wildman–Crippen LogP) is 3.76. The summed E-state index contributed by atoms with van der Waals surface area (Å²) in [5.41, 5.74) is 3.14. The van der Waals surface area contributed by atoms with E-state index < -0.39 is 5.60 Å². The molecule has 33 heavy (non-hydrogen) atoms. The number of carbonyl (C=O) groups excluding carboxylic acids is 1. The number of likely N-dealkylation sites (N-methyl/N-ethyl adjacent to an activating group) is 1. The lowest BCUT2D eigenvalue weighted by molar-refractivity contribution is -0.143. The molecule has 0 bridgehead atoms. The fourth-order valence-electron chi connectivity index (χ4n) is 3.87. The molecule has 5 rings (SSSR count). The molecule has 0 saturated carbocycles. The highest BCUT2D eigenvalue weighted by atomic mass is 32.1. The number of thiazole rings is 1. The van der Waals surface area contributed by atoms with E-state index in [1.54, 1.807) is 30.4 Å². The van der Waals surface area contributed by atoms with Gasteiger partial charge in [-0.05, 0) is 36.8 Å². The fraction of sp³-hybridized carbons (Fsp3) is 0.208. The van der Waals surface area contributed by atoms with Crippen LogP contribution in [0.2, 0.25) is 0 Å². The van der Waals surface area contributed by atoms with Crippen LogP contribution in [0, 0.1) is 6.92 Å². The van der Waals surface area contributed by atoms with Gasteiger partial charge in [-0.15, -0.1) is 11.3 Å². The van der Waals surface area contributed by atoms with E-state index in [1.165, 1.54) is 11.3 Å². The summed E-state index contributed by atoms with van der Waals surface area (Å²) in [6.07, 6.45) is 3.80. The highest BCUT2D eigenvalue weighted by Crippen LogP contribution is 2.36. The van der Waals surface area contributed by atoms with Gasteiger partial charge < -0.3 is 15.3 Å². The molecule has 2 N–H and O–H groups in total. The number of pyridine rings is 1. The maximum atomic E-state index is 12.5. The molecule has 1 fully saturated rings. The van der Waals surface area contributed by atoms with Crippen molar-refractivity contribution in [1.29, 1.82) is 0 Å². The predicted molar refractivity (Wildman–Crippen MR) is 127 cm³/mol. The van der Waals surface area contributed by atoms with Crippen molar-refractivity contribution >= 4 is 28.9 Å². The van der Waals surface area contributed by atoms with Crippen molar-refractivity contribution in [3.8, 4) is 22.0 Å². The standard InChI is InChI=1S/C24H22N6O2S/c1-15-12-18(6-9-25-15)27-23-26-10-7-19(29-23)20-14-33-21(28-20)16-4-3-5-17(13-16)24(32)8-11-30(2)22(24)31/h3-7,9-10,12-14,32H,8,11H2,1-2H3,(H,25,26,27,29). The van der Waals surface area contributed by atoms with E-state index in [0.29, 0.717) is 30.2 Å². The van der Waals surface area contributed by atoms with E-state index in [0.717, 1.165) is 27.6 Å². The molecule has 0 radical (unpaired) electrons. The number of carbonyl (C=O) groups is 1. The molecule has 1 aliphatic heterocycles. The van der Waals surface area contributed by atoms with Crippen molar-refractivity contribution < 1.29 is 9.90 Å². The molecule has 1 saturated heterocycles. The average molecular weight is 459 g/mol. The first-order valence-corrected chi connectivity index (χ1v) is 11.4. The zero-order valence-electron chi connectivity index (χ0n) is 18.2. The fourth-order valence-corrected chi connectivity index (χ4v) is 4.68. The monoisotopic (exact) mass is 458 g/mol. The topological polar surface area (TPSA) is 104 Å². The molecule has 1 aliphatic rings. The van der Waals surface area contributed by atoms with Gasteiger partial charge in [0.2, 0.25) is 5.95 Å². The summed E-state index contributed by atoms with van der Waals surface area (Å²) < 4.78 is 0. The molecule has 8 nitrogen and oxygen atoms in total. The maximum absolute atomic E-state index is 12.5. The number of aryl methyl sites for hydroxylation is 1. The third-order valence-electron chi connectivity index (χ3n) is 5.67. The van der Waals surface area contributed by atoms with Crippen LogP contribution in [0.25, 0.3) is 22.0 Å². The van der Waals surface area contributed by atoms with Gasteiger partial charge in [0.1, 0.15) is 10.7 Å². The van der Waals surface area contributed by atoms with Gasteiger partial charge in [-0.25, -0.2) is 15.0 Å². The Morgan fingerprint density at radius 2 is 1.94 bits per heavy atom. The number of aromatic nitrogens is 4. The van der Waals surface area contributed by atoms with Gasteiger partial charge in [-0.1, -0.05) is 18.2 Å². The first-order valence-electron chi connectivity index (χ1n) is 10.5. The molecule has 0 aliphatic carbocycles. The smallest absolute Gasteiger partial charge is 0.258 e. The number of hydrogen-bond donors (Lipinski definition) is 2. The summed E-state index contributed by atoms with van der Waals surface area (Å²) in [5, 5.41) is 16.9. The van der Waals surface area contributed by atoms with Crippen LogP contribution in [-0.4, -0.2) is 49.4 Å². The van der Waals surface area contributed by atoms with Crippen LogP contribution in [0.5, 0.6) is 0 Å². The molecule has 4 aromatic rings. The zero-order chi connectivity index (χ0) is 23.0. The Bertz CT molecular complexity index is 1340. The van der Waals surface area contributed by atoms with Crippen LogP contribution < -0.4 is 5.32 Å². The Morgan fingerprint density at radius 1 is 1.09 bits per heavy atom. The quantitative estimate of drug-likeness (QED) is 0.469. The number of nitrogens with zero attached hydrogens (tertiary/aromatic N) is 5. The second-order valence-corrected chi connectivity index (χ2v) is 8.89. The van der Waals surface area contributed by atoms with Crippen molar-refractivity contribution in [2.24, 2.45) is 0 Å². The zero-order valence-corrected chi connectivity index (χ0v) is 19.0. The number of nitrogens with one attached hydrogen (secondary N) is 1. The van der Waals surface area contributed by atoms with Crippen molar-refractivity contribution in [3.63, 3.8) is 0 Å². The number of amides is 1. The van der Waals surface area contributed by atoms with Crippen LogP contribution in [0.15, 0.2) is 60.2 Å². The first-order chi connectivity index (χ1) is 15.9. The van der Waals surface area contributed by atoms with Gasteiger partial charge in [-0.2, -0.15) is 0 Å². The van der Waals surface area contributed by atoms with Gasteiger partial charge in [0.25, 0.3) is 5.91 Å². The van der Waals surface area contributed by atoms with E-state index in [9.17, 15) is 9.90 Å². The molecular weight excluding hydrogens is 436 g/mol. The SMILES string of the molecule is Cc1cc(Nc2nccc(-c3csc(-c4cccc(C5(O)CCN(C)C5=O)c4)n3)n2)ccn1. The largest absolute Gasteiger partial charge is 0.375 e. The van der Waals surface area contributed by atoms with E-state index in [2.05, 4.69) is 20.3 Å². The average Bonchev–Trinajstić information content (AvgIpc) is 3.42. The summed E-state index contributed by atoms with van der Waals surface area (Å²) in [6.45, 7) is 2.46. The molecule has 3 aromatic heterocycles. The molecule has 1 atom stereocenters.